The van der Waals surface area contributed by atoms with Crippen molar-refractivity contribution in [2.24, 2.45) is 5.92 Å². The minimum atomic E-state index is 0.117. The summed E-state index contributed by atoms with van der Waals surface area (Å²) in [5.41, 5.74) is 1.17. The normalized spacial score (nSPS) is 19.7. The van der Waals surface area contributed by atoms with E-state index in [1.54, 1.807) is 6.07 Å². The summed E-state index contributed by atoms with van der Waals surface area (Å²) in [5, 5.41) is 4.28. The van der Waals surface area contributed by atoms with E-state index in [0.29, 0.717) is 0 Å². The lowest BCUT2D eigenvalue weighted by atomic mass is 9.96. The van der Waals surface area contributed by atoms with Crippen LogP contribution in [0.4, 0.5) is 0 Å². The maximum absolute atomic E-state index is 11.8. The first-order valence-corrected chi connectivity index (χ1v) is 7.13. The van der Waals surface area contributed by atoms with Gasteiger partial charge in [0.25, 0.3) is 0 Å². The fourth-order valence-corrected chi connectivity index (χ4v) is 2.95. The lowest BCUT2D eigenvalue weighted by molar-refractivity contribution is 0.343. The standard InChI is InChI=1S/C16H20N2O/c19-16-8-11-18(15-6-2-1-5-14(15)16)10-7-13-4-3-9-17-12-13/h1-2,5-6,8,11,13,17H,3-4,7,9-10,12H2. The molecule has 2 heterocycles. The van der Waals surface area contributed by atoms with Crippen molar-refractivity contribution in [1.29, 1.82) is 0 Å². The Morgan fingerprint density at radius 2 is 2.16 bits per heavy atom. The second kappa shape index (κ2) is 5.57. The van der Waals surface area contributed by atoms with Crippen LogP contribution in [0.15, 0.2) is 41.3 Å². The molecule has 0 spiro atoms. The summed E-state index contributed by atoms with van der Waals surface area (Å²) in [4.78, 5) is 11.8. The van der Waals surface area contributed by atoms with E-state index < -0.39 is 0 Å². The fourth-order valence-electron chi connectivity index (χ4n) is 2.95. The number of benzene rings is 1. The van der Waals surface area contributed by atoms with E-state index in [1.165, 1.54) is 19.3 Å². The SMILES string of the molecule is O=c1ccn(CCC2CCCNC2)c2ccccc12. The van der Waals surface area contributed by atoms with E-state index in [-0.39, 0.29) is 5.43 Å². The molecule has 0 amide bonds. The van der Waals surface area contributed by atoms with Crippen molar-refractivity contribution in [3.05, 3.63) is 46.8 Å². The van der Waals surface area contributed by atoms with E-state index >= 15 is 0 Å². The van der Waals surface area contributed by atoms with Crippen molar-refractivity contribution in [2.45, 2.75) is 25.8 Å². The Bertz CT molecular complexity index is 611. The van der Waals surface area contributed by atoms with Gasteiger partial charge in [-0.05, 0) is 50.4 Å². The lowest BCUT2D eigenvalue weighted by Gasteiger charge is -2.23. The molecule has 3 heteroatoms. The number of pyridine rings is 1. The molecule has 1 saturated heterocycles. The Morgan fingerprint density at radius 3 is 3.00 bits per heavy atom. The number of piperidine rings is 1. The predicted molar refractivity (Wildman–Crippen MR) is 78.4 cm³/mol. The van der Waals surface area contributed by atoms with Crippen molar-refractivity contribution in [3.63, 3.8) is 0 Å². The summed E-state index contributed by atoms with van der Waals surface area (Å²) in [7, 11) is 0. The highest BCUT2D eigenvalue weighted by molar-refractivity contribution is 5.78. The molecule has 1 aromatic heterocycles. The molecule has 1 atom stereocenters. The summed E-state index contributed by atoms with van der Waals surface area (Å²) >= 11 is 0. The number of nitrogens with one attached hydrogen (secondary N) is 1. The Balaban J connectivity index is 1.81. The summed E-state index contributed by atoms with van der Waals surface area (Å²) in [5.74, 6) is 0.770. The molecule has 3 nitrogen and oxygen atoms in total. The van der Waals surface area contributed by atoms with Crippen LogP contribution in [0.2, 0.25) is 0 Å². The number of aromatic nitrogens is 1. The van der Waals surface area contributed by atoms with Crippen LogP contribution in [0.5, 0.6) is 0 Å². The van der Waals surface area contributed by atoms with Gasteiger partial charge in [-0.3, -0.25) is 4.79 Å². The highest BCUT2D eigenvalue weighted by Crippen LogP contribution is 2.17. The number of rotatable bonds is 3. The number of hydrogen-bond acceptors (Lipinski definition) is 2. The summed E-state index contributed by atoms with van der Waals surface area (Å²) in [6.45, 7) is 3.29. The summed E-state index contributed by atoms with van der Waals surface area (Å²) in [6, 6.07) is 9.56. The van der Waals surface area contributed by atoms with Crippen LogP contribution in [-0.2, 0) is 6.54 Å². The molecule has 1 fully saturated rings. The molecule has 1 N–H and O–H groups in total. The molecule has 0 saturated carbocycles. The van der Waals surface area contributed by atoms with Crippen LogP contribution in [0.3, 0.4) is 0 Å². The van der Waals surface area contributed by atoms with Crippen LogP contribution in [0.25, 0.3) is 10.9 Å². The van der Waals surface area contributed by atoms with Crippen LogP contribution in [0, 0.1) is 5.92 Å². The van der Waals surface area contributed by atoms with Crippen molar-refractivity contribution < 1.29 is 0 Å². The van der Waals surface area contributed by atoms with Gasteiger partial charge in [0, 0.05) is 24.2 Å². The van der Waals surface area contributed by atoms with E-state index in [2.05, 4.69) is 9.88 Å². The Morgan fingerprint density at radius 1 is 1.26 bits per heavy atom. The molecule has 3 rings (SSSR count). The third-order valence-corrected chi connectivity index (χ3v) is 4.06. The summed E-state index contributed by atoms with van der Waals surface area (Å²) in [6.07, 6.45) is 5.72. The van der Waals surface area contributed by atoms with Crippen molar-refractivity contribution in [2.75, 3.05) is 13.1 Å². The topological polar surface area (TPSA) is 34.0 Å². The lowest BCUT2D eigenvalue weighted by Crippen LogP contribution is -2.30. The van der Waals surface area contributed by atoms with E-state index in [0.717, 1.165) is 36.5 Å². The minimum Gasteiger partial charge on any atom is -0.347 e. The van der Waals surface area contributed by atoms with Crippen LogP contribution in [0.1, 0.15) is 19.3 Å². The molecule has 1 aliphatic rings. The van der Waals surface area contributed by atoms with Gasteiger partial charge in [-0.25, -0.2) is 0 Å². The van der Waals surface area contributed by atoms with Gasteiger partial charge in [-0.1, -0.05) is 12.1 Å². The van der Waals surface area contributed by atoms with Gasteiger partial charge in [0.15, 0.2) is 5.43 Å². The smallest absolute Gasteiger partial charge is 0.189 e. The molecule has 2 aromatic rings. The van der Waals surface area contributed by atoms with E-state index in [9.17, 15) is 4.79 Å². The number of hydrogen-bond donors (Lipinski definition) is 1. The monoisotopic (exact) mass is 256 g/mol. The first kappa shape index (κ1) is 12.4. The quantitative estimate of drug-likeness (QED) is 0.915. The number of aryl methyl sites for hydroxylation is 1. The van der Waals surface area contributed by atoms with Crippen molar-refractivity contribution in [3.8, 4) is 0 Å². The van der Waals surface area contributed by atoms with Gasteiger partial charge in [0.05, 0.1) is 5.52 Å². The first-order valence-electron chi connectivity index (χ1n) is 7.13. The third kappa shape index (κ3) is 2.71. The predicted octanol–water partition coefficient (Wildman–Crippen LogP) is 2.39. The van der Waals surface area contributed by atoms with Crippen molar-refractivity contribution >= 4 is 10.9 Å². The molecule has 1 aromatic carbocycles. The zero-order valence-electron chi connectivity index (χ0n) is 11.1. The fraction of sp³-hybridized carbons (Fsp3) is 0.438. The third-order valence-electron chi connectivity index (χ3n) is 4.06. The zero-order valence-corrected chi connectivity index (χ0v) is 11.1. The second-order valence-corrected chi connectivity index (χ2v) is 5.39. The largest absolute Gasteiger partial charge is 0.347 e. The second-order valence-electron chi connectivity index (χ2n) is 5.39. The highest BCUT2D eigenvalue weighted by Gasteiger charge is 2.13. The van der Waals surface area contributed by atoms with Gasteiger partial charge in [0.2, 0.25) is 0 Å². The first-order chi connectivity index (χ1) is 9.34. The molecular weight excluding hydrogens is 236 g/mol. The molecule has 0 bridgehead atoms. The highest BCUT2D eigenvalue weighted by atomic mass is 16.1. The number of nitrogens with zero attached hydrogens (tertiary/aromatic N) is 1. The van der Waals surface area contributed by atoms with Gasteiger partial charge < -0.3 is 9.88 Å². The van der Waals surface area contributed by atoms with Gasteiger partial charge in [0.1, 0.15) is 0 Å². The number of fused-ring (bicyclic) bond motifs is 1. The van der Waals surface area contributed by atoms with Crippen LogP contribution < -0.4 is 10.7 Å². The molecule has 19 heavy (non-hydrogen) atoms. The molecular formula is C16H20N2O. The Hall–Kier alpha value is -1.61. The van der Waals surface area contributed by atoms with Gasteiger partial charge >= 0.3 is 0 Å². The van der Waals surface area contributed by atoms with Crippen LogP contribution in [-0.4, -0.2) is 17.7 Å². The molecule has 100 valence electrons. The van der Waals surface area contributed by atoms with Crippen molar-refractivity contribution in [1.82, 2.24) is 9.88 Å². The van der Waals surface area contributed by atoms with E-state index in [4.69, 9.17) is 0 Å². The van der Waals surface area contributed by atoms with Gasteiger partial charge in [-0.15, -0.1) is 0 Å². The Kier molecular flexibility index (Phi) is 3.65. The number of para-hydroxylation sites is 1. The Labute approximate surface area is 113 Å². The maximum atomic E-state index is 11.8. The maximum Gasteiger partial charge on any atom is 0.189 e. The summed E-state index contributed by atoms with van der Waals surface area (Å²) < 4.78 is 2.21. The molecule has 0 radical (unpaired) electrons. The zero-order chi connectivity index (χ0) is 13.1. The van der Waals surface area contributed by atoms with Crippen LogP contribution >= 0.6 is 0 Å². The minimum absolute atomic E-state index is 0.117. The average molecular weight is 256 g/mol. The molecule has 1 aliphatic heterocycles. The average Bonchev–Trinajstić information content (AvgIpc) is 2.48. The van der Waals surface area contributed by atoms with E-state index in [1.807, 2.05) is 30.5 Å². The molecule has 1 unspecified atom stereocenters. The van der Waals surface area contributed by atoms with Gasteiger partial charge in [-0.2, -0.15) is 0 Å². The molecule has 0 aliphatic carbocycles.